The Hall–Kier alpha value is -1.83. The minimum Gasteiger partial charge on any atom is -0.480 e. The van der Waals surface area contributed by atoms with Gasteiger partial charge in [-0.05, 0) is 6.42 Å². The molecule has 1 fully saturated rings. The zero-order chi connectivity index (χ0) is 13.0. The number of urea groups is 1. The van der Waals surface area contributed by atoms with Gasteiger partial charge in [0.25, 0.3) is 0 Å². The molecule has 1 heterocycles. The summed E-state index contributed by atoms with van der Waals surface area (Å²) >= 11 is 0. The van der Waals surface area contributed by atoms with E-state index in [-0.39, 0.29) is 5.91 Å². The van der Waals surface area contributed by atoms with Crippen LogP contribution in [0.2, 0.25) is 0 Å². The van der Waals surface area contributed by atoms with Gasteiger partial charge >= 0.3 is 12.0 Å². The predicted molar refractivity (Wildman–Crippen MR) is 56.2 cm³/mol. The Morgan fingerprint density at radius 2 is 2.24 bits per heavy atom. The van der Waals surface area contributed by atoms with E-state index < -0.39 is 30.7 Å². The summed E-state index contributed by atoms with van der Waals surface area (Å²) in [4.78, 5) is 34.8. The molecule has 0 aromatic heterocycles. The molecule has 96 valence electrons. The molecule has 1 rings (SSSR count). The SMILES string of the molecule is CN1CCC(NC(=O)N[C@H](CO)C(=O)O)C1=O. The van der Waals surface area contributed by atoms with Gasteiger partial charge in [-0.1, -0.05) is 0 Å². The number of aliphatic carboxylic acids is 1. The number of nitrogens with one attached hydrogen (secondary N) is 2. The van der Waals surface area contributed by atoms with Gasteiger partial charge in [0.05, 0.1) is 6.61 Å². The maximum atomic E-state index is 11.4. The lowest BCUT2D eigenvalue weighted by atomic mass is 10.2. The molecule has 3 amide bonds. The summed E-state index contributed by atoms with van der Waals surface area (Å²) in [5, 5.41) is 21.7. The molecule has 1 saturated heterocycles. The first kappa shape index (κ1) is 13.2. The number of hydrogen-bond donors (Lipinski definition) is 4. The van der Waals surface area contributed by atoms with Crippen LogP contribution in [0.3, 0.4) is 0 Å². The largest absolute Gasteiger partial charge is 0.480 e. The van der Waals surface area contributed by atoms with E-state index in [0.29, 0.717) is 13.0 Å². The smallest absolute Gasteiger partial charge is 0.328 e. The summed E-state index contributed by atoms with van der Waals surface area (Å²) in [5.74, 6) is -1.55. The fourth-order valence-electron chi connectivity index (χ4n) is 1.50. The van der Waals surface area contributed by atoms with E-state index in [0.717, 1.165) is 0 Å². The fourth-order valence-corrected chi connectivity index (χ4v) is 1.50. The number of hydrogen-bond acceptors (Lipinski definition) is 4. The average Bonchev–Trinajstić information content (AvgIpc) is 2.57. The van der Waals surface area contributed by atoms with E-state index in [9.17, 15) is 14.4 Å². The zero-order valence-electron chi connectivity index (χ0n) is 9.34. The van der Waals surface area contributed by atoms with Crippen LogP contribution in [0.4, 0.5) is 4.79 Å². The second kappa shape index (κ2) is 5.48. The van der Waals surface area contributed by atoms with Crippen molar-refractivity contribution in [3.05, 3.63) is 0 Å². The molecule has 1 unspecified atom stereocenters. The number of carboxylic acids is 1. The highest BCUT2D eigenvalue weighted by atomic mass is 16.4. The van der Waals surface area contributed by atoms with E-state index in [1.54, 1.807) is 7.05 Å². The van der Waals surface area contributed by atoms with Crippen LogP contribution in [0.1, 0.15) is 6.42 Å². The van der Waals surface area contributed by atoms with Gasteiger partial charge in [-0.25, -0.2) is 9.59 Å². The summed E-state index contributed by atoms with van der Waals surface area (Å²) in [6.07, 6.45) is 0.486. The molecule has 8 heteroatoms. The van der Waals surface area contributed by atoms with Crippen molar-refractivity contribution in [2.45, 2.75) is 18.5 Å². The molecule has 1 aliphatic rings. The maximum absolute atomic E-state index is 11.4. The first-order valence-electron chi connectivity index (χ1n) is 5.11. The molecule has 0 spiro atoms. The molecule has 0 aliphatic carbocycles. The van der Waals surface area contributed by atoms with Gasteiger partial charge < -0.3 is 25.7 Å². The highest BCUT2D eigenvalue weighted by Gasteiger charge is 2.31. The Morgan fingerprint density at radius 1 is 1.59 bits per heavy atom. The number of nitrogens with zero attached hydrogens (tertiary/aromatic N) is 1. The first-order valence-corrected chi connectivity index (χ1v) is 5.11. The third-order valence-corrected chi connectivity index (χ3v) is 2.52. The molecule has 0 radical (unpaired) electrons. The van der Waals surface area contributed by atoms with Gasteiger partial charge in [0.1, 0.15) is 6.04 Å². The molecule has 0 bridgehead atoms. The lowest BCUT2D eigenvalue weighted by molar-refractivity contribution is -0.140. The van der Waals surface area contributed by atoms with Crippen LogP contribution in [0.25, 0.3) is 0 Å². The molecule has 2 atom stereocenters. The monoisotopic (exact) mass is 245 g/mol. The quantitative estimate of drug-likeness (QED) is 0.455. The van der Waals surface area contributed by atoms with E-state index >= 15 is 0 Å². The summed E-state index contributed by atoms with van der Waals surface area (Å²) < 4.78 is 0. The Bertz CT molecular complexity index is 333. The van der Waals surface area contributed by atoms with Gasteiger partial charge in [-0.2, -0.15) is 0 Å². The highest BCUT2D eigenvalue weighted by molar-refractivity contribution is 5.89. The predicted octanol–water partition coefficient (Wildman–Crippen LogP) is -2.04. The van der Waals surface area contributed by atoms with Gasteiger partial charge in [0.15, 0.2) is 6.04 Å². The molecule has 0 aromatic carbocycles. The number of carbonyl (C=O) groups is 3. The lowest BCUT2D eigenvalue weighted by Gasteiger charge is -2.15. The van der Waals surface area contributed by atoms with Crippen LogP contribution >= 0.6 is 0 Å². The van der Waals surface area contributed by atoms with Crippen molar-refractivity contribution in [3.63, 3.8) is 0 Å². The number of likely N-dealkylation sites (N-methyl/N-ethyl adjacent to an activating group) is 1. The fraction of sp³-hybridized carbons (Fsp3) is 0.667. The van der Waals surface area contributed by atoms with Crippen LogP contribution in [0, 0.1) is 0 Å². The van der Waals surface area contributed by atoms with Crippen LogP contribution in [0.5, 0.6) is 0 Å². The summed E-state index contributed by atoms with van der Waals surface area (Å²) in [5.41, 5.74) is 0. The van der Waals surface area contributed by atoms with Crippen molar-refractivity contribution in [2.24, 2.45) is 0 Å². The number of likely N-dealkylation sites (tertiary alicyclic amines) is 1. The second-order valence-electron chi connectivity index (χ2n) is 3.79. The molecular weight excluding hydrogens is 230 g/mol. The maximum Gasteiger partial charge on any atom is 0.328 e. The van der Waals surface area contributed by atoms with Crippen LogP contribution in [0.15, 0.2) is 0 Å². The minimum absolute atomic E-state index is 0.212. The zero-order valence-corrected chi connectivity index (χ0v) is 9.34. The molecule has 17 heavy (non-hydrogen) atoms. The van der Waals surface area contributed by atoms with Gasteiger partial charge in [-0.15, -0.1) is 0 Å². The molecule has 0 aromatic rings. The van der Waals surface area contributed by atoms with E-state index in [1.165, 1.54) is 4.90 Å². The Balaban J connectivity index is 2.44. The average molecular weight is 245 g/mol. The van der Waals surface area contributed by atoms with E-state index in [2.05, 4.69) is 10.6 Å². The third kappa shape index (κ3) is 3.31. The van der Waals surface area contributed by atoms with Crippen LogP contribution in [-0.2, 0) is 9.59 Å². The summed E-state index contributed by atoms with van der Waals surface area (Å²) in [7, 11) is 1.62. The number of carboxylic acid groups (broad SMARTS) is 1. The lowest BCUT2D eigenvalue weighted by Crippen LogP contribution is -2.51. The second-order valence-corrected chi connectivity index (χ2v) is 3.79. The molecule has 4 N–H and O–H groups in total. The van der Waals surface area contributed by atoms with Crippen molar-refractivity contribution in [2.75, 3.05) is 20.2 Å². The molecule has 0 saturated carbocycles. The summed E-state index contributed by atoms with van der Waals surface area (Å²) in [6, 6.07) is -2.78. The van der Waals surface area contributed by atoms with Gasteiger partial charge in [-0.3, -0.25) is 4.79 Å². The van der Waals surface area contributed by atoms with Gasteiger partial charge in [0.2, 0.25) is 5.91 Å². The topological polar surface area (TPSA) is 119 Å². The molecule has 8 nitrogen and oxygen atoms in total. The van der Waals surface area contributed by atoms with Crippen LogP contribution in [-0.4, -0.2) is 65.3 Å². The molecule has 1 aliphatic heterocycles. The standard InChI is InChI=1S/C9H15N3O5/c1-12-3-2-5(7(12)14)10-9(17)11-6(4-13)8(15)16/h5-6,13H,2-4H2,1H3,(H,15,16)(H2,10,11,17)/t5?,6-/m1/s1. The number of aliphatic hydroxyl groups is 1. The van der Waals surface area contributed by atoms with Crippen molar-refractivity contribution in [1.82, 2.24) is 15.5 Å². The van der Waals surface area contributed by atoms with E-state index in [4.69, 9.17) is 10.2 Å². The van der Waals surface area contributed by atoms with E-state index in [1.807, 2.05) is 0 Å². The van der Waals surface area contributed by atoms with Crippen molar-refractivity contribution in [3.8, 4) is 0 Å². The summed E-state index contributed by atoms with van der Waals surface area (Å²) in [6.45, 7) is -0.159. The Labute approximate surface area is 97.6 Å². The van der Waals surface area contributed by atoms with Crippen molar-refractivity contribution in [1.29, 1.82) is 0 Å². The van der Waals surface area contributed by atoms with Gasteiger partial charge in [0, 0.05) is 13.6 Å². The van der Waals surface area contributed by atoms with Crippen molar-refractivity contribution < 1.29 is 24.6 Å². The first-order chi connectivity index (χ1) is 7.95. The number of rotatable bonds is 4. The third-order valence-electron chi connectivity index (χ3n) is 2.52. The Morgan fingerprint density at radius 3 is 2.65 bits per heavy atom. The minimum atomic E-state index is -1.37. The normalized spacial score (nSPS) is 21.2. The Kier molecular flexibility index (Phi) is 4.27. The highest BCUT2D eigenvalue weighted by Crippen LogP contribution is 2.07. The molecular formula is C9H15N3O5. The van der Waals surface area contributed by atoms with Crippen LogP contribution < -0.4 is 10.6 Å². The number of carbonyl (C=O) groups excluding carboxylic acids is 2. The number of aliphatic hydroxyl groups excluding tert-OH is 1. The number of amides is 3. The van der Waals surface area contributed by atoms with Crippen molar-refractivity contribution >= 4 is 17.9 Å².